The fourth-order valence-electron chi connectivity index (χ4n) is 5.21. The second-order valence-corrected chi connectivity index (χ2v) is 11.2. The number of ether oxygens (including phenoxy) is 3. The number of para-hydroxylation sites is 1. The Hall–Kier alpha value is -5.55. The van der Waals surface area contributed by atoms with E-state index in [2.05, 4.69) is 4.99 Å². The summed E-state index contributed by atoms with van der Waals surface area (Å²) in [6.07, 6.45) is 3.68. The highest BCUT2D eigenvalue weighted by Gasteiger charge is 2.33. The number of thiazole rings is 1. The molecule has 10 nitrogen and oxygen atoms in total. The van der Waals surface area contributed by atoms with E-state index in [1.807, 2.05) is 60.8 Å². The molecule has 11 heteroatoms. The van der Waals surface area contributed by atoms with Gasteiger partial charge in [-0.1, -0.05) is 41.7 Å². The van der Waals surface area contributed by atoms with Crippen molar-refractivity contribution in [2.75, 3.05) is 14.2 Å². The van der Waals surface area contributed by atoms with Crippen LogP contribution in [0.2, 0.25) is 0 Å². The molecule has 45 heavy (non-hydrogen) atoms. The van der Waals surface area contributed by atoms with Crippen molar-refractivity contribution in [3.63, 3.8) is 0 Å². The second kappa shape index (κ2) is 12.2. The van der Waals surface area contributed by atoms with E-state index in [0.29, 0.717) is 37.8 Å². The van der Waals surface area contributed by atoms with Gasteiger partial charge < -0.3 is 14.2 Å². The summed E-state index contributed by atoms with van der Waals surface area (Å²) in [4.78, 5) is 43.7. The number of nitrogens with zero attached hydrogens (tertiary/aromatic N) is 4. The smallest absolute Gasteiger partial charge is 0.338 e. The van der Waals surface area contributed by atoms with Gasteiger partial charge in [0.05, 0.1) is 41.8 Å². The van der Waals surface area contributed by atoms with Crippen molar-refractivity contribution >= 4 is 29.4 Å². The first-order valence-corrected chi connectivity index (χ1v) is 14.8. The van der Waals surface area contributed by atoms with Gasteiger partial charge in [-0.15, -0.1) is 0 Å². The van der Waals surface area contributed by atoms with E-state index in [1.165, 1.54) is 29.9 Å². The monoisotopic (exact) mass is 620 g/mol. The van der Waals surface area contributed by atoms with Crippen LogP contribution in [0.25, 0.3) is 23.0 Å². The summed E-state index contributed by atoms with van der Waals surface area (Å²) in [7, 11) is 2.90. The Morgan fingerprint density at radius 1 is 0.933 bits per heavy atom. The van der Waals surface area contributed by atoms with Crippen LogP contribution >= 0.6 is 11.3 Å². The normalized spacial score (nSPS) is 14.5. The maximum absolute atomic E-state index is 14.2. The number of carbonyl (C=O) groups is 2. The lowest BCUT2D eigenvalue weighted by Gasteiger charge is -2.24. The van der Waals surface area contributed by atoms with Gasteiger partial charge in [0.1, 0.15) is 17.2 Å². The maximum Gasteiger partial charge on any atom is 0.338 e. The van der Waals surface area contributed by atoms with E-state index in [9.17, 15) is 14.4 Å². The van der Waals surface area contributed by atoms with E-state index in [0.717, 1.165) is 16.8 Å². The third-order valence-corrected chi connectivity index (χ3v) is 8.28. The summed E-state index contributed by atoms with van der Waals surface area (Å²) >= 11 is 1.22. The minimum Gasteiger partial charge on any atom is -0.497 e. The number of allylic oxidation sites excluding steroid dienone is 1. The zero-order valence-electron chi connectivity index (χ0n) is 24.9. The van der Waals surface area contributed by atoms with Crippen molar-refractivity contribution in [2.24, 2.45) is 4.99 Å². The van der Waals surface area contributed by atoms with Gasteiger partial charge >= 0.3 is 11.9 Å². The van der Waals surface area contributed by atoms with Crippen molar-refractivity contribution in [2.45, 2.75) is 19.9 Å². The Kier molecular flexibility index (Phi) is 8.01. The molecule has 1 aliphatic rings. The molecule has 1 unspecified atom stereocenters. The molecular weight excluding hydrogens is 592 g/mol. The molecule has 6 rings (SSSR count). The number of carbonyl (C=O) groups excluding carboxylic acids is 2. The van der Waals surface area contributed by atoms with Crippen LogP contribution in [0.5, 0.6) is 11.5 Å². The molecule has 0 radical (unpaired) electrons. The summed E-state index contributed by atoms with van der Waals surface area (Å²) in [5, 5.41) is 4.88. The zero-order valence-corrected chi connectivity index (χ0v) is 25.7. The minimum absolute atomic E-state index is 0.243. The van der Waals surface area contributed by atoms with Gasteiger partial charge in [0.25, 0.3) is 5.56 Å². The fraction of sp³-hybridized carbons (Fsp3) is 0.147. The molecular formula is C34H28N4O6S. The number of rotatable bonds is 7. The molecule has 1 atom stereocenters. The molecule has 1 aliphatic heterocycles. The third kappa shape index (κ3) is 5.73. The number of hydrogen-bond donors (Lipinski definition) is 0. The van der Waals surface area contributed by atoms with Gasteiger partial charge in [-0.05, 0) is 67.1 Å². The van der Waals surface area contributed by atoms with Crippen LogP contribution in [-0.4, -0.2) is 40.5 Å². The van der Waals surface area contributed by atoms with Crippen molar-refractivity contribution in [3.8, 4) is 28.4 Å². The maximum atomic E-state index is 14.2. The molecule has 0 spiro atoms. The quantitative estimate of drug-likeness (QED) is 0.198. The second-order valence-electron chi connectivity index (χ2n) is 10.2. The lowest BCUT2D eigenvalue weighted by Crippen LogP contribution is -2.39. The van der Waals surface area contributed by atoms with Crippen LogP contribution in [-0.2, 0) is 14.3 Å². The molecule has 3 aromatic carbocycles. The SMILES string of the molecule is COC(=O)C1=C(C)N=c2sc(=Cc3cn(-c4ccccc4)nc3-c3ccc(OC)cc3)c(=O)n2C1c1ccc(OC(C)=O)cc1. The lowest BCUT2D eigenvalue weighted by atomic mass is 9.96. The van der Waals surface area contributed by atoms with Crippen LogP contribution in [0.4, 0.5) is 0 Å². The van der Waals surface area contributed by atoms with Crippen molar-refractivity contribution in [1.29, 1.82) is 0 Å². The van der Waals surface area contributed by atoms with E-state index in [-0.39, 0.29) is 11.1 Å². The summed E-state index contributed by atoms with van der Waals surface area (Å²) in [5.74, 6) is 0.0195. The molecule has 0 saturated heterocycles. The minimum atomic E-state index is -0.810. The standard InChI is InChI=1S/C34H28N4O6S/c1-20-29(33(41)43-4)31(23-12-16-27(17-13-23)44-21(2)39)38-32(40)28(45-34(38)35-20)18-24-19-37(25-8-6-5-7-9-25)36-30(24)22-10-14-26(42-3)15-11-22/h5-19,31H,1-4H3. The van der Waals surface area contributed by atoms with Crippen LogP contribution in [0.3, 0.4) is 0 Å². The number of esters is 2. The predicted octanol–water partition coefficient (Wildman–Crippen LogP) is 4.19. The Morgan fingerprint density at radius 3 is 2.27 bits per heavy atom. The number of methoxy groups -OCH3 is 2. The first-order valence-electron chi connectivity index (χ1n) is 14.0. The van der Waals surface area contributed by atoms with Gasteiger partial charge in [-0.25, -0.2) is 14.5 Å². The molecule has 5 aromatic rings. The zero-order chi connectivity index (χ0) is 31.7. The Morgan fingerprint density at radius 2 is 1.62 bits per heavy atom. The largest absolute Gasteiger partial charge is 0.497 e. The number of fused-ring (bicyclic) bond motifs is 1. The van der Waals surface area contributed by atoms with Gasteiger partial charge in [-0.2, -0.15) is 5.10 Å². The van der Waals surface area contributed by atoms with Crippen LogP contribution < -0.4 is 24.4 Å². The fourth-order valence-corrected chi connectivity index (χ4v) is 6.25. The topological polar surface area (TPSA) is 114 Å². The Bertz CT molecular complexity index is 2130. The predicted molar refractivity (Wildman–Crippen MR) is 169 cm³/mol. The molecule has 2 aromatic heterocycles. The van der Waals surface area contributed by atoms with Crippen LogP contribution in [0.1, 0.15) is 31.0 Å². The van der Waals surface area contributed by atoms with E-state index >= 15 is 0 Å². The first-order chi connectivity index (χ1) is 21.8. The molecule has 0 fully saturated rings. The summed E-state index contributed by atoms with van der Waals surface area (Å²) in [6, 6.07) is 23.1. The average Bonchev–Trinajstić information content (AvgIpc) is 3.61. The molecule has 0 amide bonds. The van der Waals surface area contributed by atoms with Crippen molar-refractivity contribution in [3.05, 3.63) is 127 Å². The third-order valence-electron chi connectivity index (χ3n) is 7.30. The molecule has 0 aliphatic carbocycles. The van der Waals surface area contributed by atoms with Crippen LogP contribution in [0.15, 0.2) is 106 Å². The molecule has 0 N–H and O–H groups in total. The lowest BCUT2D eigenvalue weighted by molar-refractivity contribution is -0.136. The van der Waals surface area contributed by atoms with Gasteiger partial charge in [0, 0.05) is 24.2 Å². The van der Waals surface area contributed by atoms with E-state index in [4.69, 9.17) is 19.3 Å². The molecule has 0 bridgehead atoms. The van der Waals surface area contributed by atoms with Crippen molar-refractivity contribution in [1.82, 2.24) is 14.3 Å². The Balaban J connectivity index is 1.53. The van der Waals surface area contributed by atoms with Gasteiger partial charge in [0.15, 0.2) is 4.80 Å². The number of benzene rings is 3. The summed E-state index contributed by atoms with van der Waals surface area (Å²) in [6.45, 7) is 3.03. The highest BCUT2D eigenvalue weighted by atomic mass is 32.1. The van der Waals surface area contributed by atoms with E-state index in [1.54, 1.807) is 49.1 Å². The summed E-state index contributed by atoms with van der Waals surface area (Å²) in [5.41, 5.74) is 4.10. The van der Waals surface area contributed by atoms with Crippen molar-refractivity contribution < 1.29 is 23.8 Å². The van der Waals surface area contributed by atoms with Crippen LogP contribution in [0, 0.1) is 0 Å². The number of aromatic nitrogens is 3. The number of hydrogen-bond acceptors (Lipinski definition) is 9. The average molecular weight is 621 g/mol. The summed E-state index contributed by atoms with van der Waals surface area (Å²) < 4.78 is 19.3. The van der Waals surface area contributed by atoms with Gasteiger partial charge in [0.2, 0.25) is 0 Å². The molecule has 0 saturated carbocycles. The van der Waals surface area contributed by atoms with E-state index < -0.39 is 18.0 Å². The Labute approximate surface area is 261 Å². The highest BCUT2D eigenvalue weighted by molar-refractivity contribution is 7.07. The highest BCUT2D eigenvalue weighted by Crippen LogP contribution is 2.32. The first kappa shape index (κ1) is 29.5. The molecule has 226 valence electrons. The molecule has 3 heterocycles. The van der Waals surface area contributed by atoms with Gasteiger partial charge in [-0.3, -0.25) is 14.2 Å².